The first kappa shape index (κ1) is 14.6. The second-order valence-electron chi connectivity index (χ2n) is 4.60. The fraction of sp³-hybridized carbons (Fsp3) is 0.500. The maximum Gasteiger partial charge on any atom is 0.254 e. The predicted molar refractivity (Wildman–Crippen MR) is 74.8 cm³/mol. The van der Waals surface area contributed by atoms with Crippen molar-refractivity contribution in [2.75, 3.05) is 38.7 Å². The summed E-state index contributed by atoms with van der Waals surface area (Å²) in [6, 6.07) is 4.69. The molecule has 1 aliphatic rings. The average molecular weight is 280 g/mol. The fourth-order valence-electron chi connectivity index (χ4n) is 2.21. The number of benzene rings is 1. The second-order valence-corrected chi connectivity index (χ2v) is 4.60. The maximum absolute atomic E-state index is 12.5. The number of carbonyl (C=O) groups is 1. The monoisotopic (exact) mass is 280 g/mol. The lowest BCUT2D eigenvalue weighted by atomic mass is 10.1. The third-order valence-corrected chi connectivity index (χ3v) is 3.26. The van der Waals surface area contributed by atoms with Crippen molar-refractivity contribution in [3.8, 4) is 5.75 Å². The Morgan fingerprint density at radius 3 is 3.05 bits per heavy atom. The zero-order chi connectivity index (χ0) is 14.5. The Morgan fingerprint density at radius 1 is 1.60 bits per heavy atom. The van der Waals surface area contributed by atoms with E-state index >= 15 is 0 Å². The van der Waals surface area contributed by atoms with Gasteiger partial charge < -0.3 is 25.2 Å². The van der Waals surface area contributed by atoms with Crippen molar-refractivity contribution in [2.45, 2.75) is 13.0 Å². The summed E-state index contributed by atoms with van der Waals surface area (Å²) >= 11 is 0. The number of carbonyl (C=O) groups excluding carboxylic acids is 1. The molecule has 20 heavy (non-hydrogen) atoms. The van der Waals surface area contributed by atoms with Gasteiger partial charge in [-0.05, 0) is 25.1 Å². The van der Waals surface area contributed by atoms with Crippen molar-refractivity contribution in [3.63, 3.8) is 0 Å². The Morgan fingerprint density at radius 2 is 2.40 bits per heavy atom. The molecule has 0 spiro atoms. The SMILES string of the molecule is CCOc1ccc(C(=O)N2CCOCC2CO)cc1N. The topological polar surface area (TPSA) is 85.0 Å². The van der Waals surface area contributed by atoms with Crippen LogP contribution < -0.4 is 10.5 Å². The first-order chi connectivity index (χ1) is 9.67. The van der Waals surface area contributed by atoms with E-state index < -0.39 is 0 Å². The van der Waals surface area contributed by atoms with E-state index in [1.165, 1.54) is 0 Å². The van der Waals surface area contributed by atoms with Gasteiger partial charge in [0.05, 0.1) is 38.2 Å². The van der Waals surface area contributed by atoms with E-state index in [2.05, 4.69) is 0 Å². The van der Waals surface area contributed by atoms with Gasteiger partial charge in [-0.3, -0.25) is 4.79 Å². The number of hydrogen-bond donors (Lipinski definition) is 2. The third-order valence-electron chi connectivity index (χ3n) is 3.26. The van der Waals surface area contributed by atoms with Gasteiger partial charge in [-0.1, -0.05) is 0 Å². The summed E-state index contributed by atoms with van der Waals surface area (Å²) in [5.41, 5.74) is 6.80. The number of aliphatic hydroxyl groups is 1. The molecular formula is C14H20N2O4. The van der Waals surface area contributed by atoms with E-state index in [9.17, 15) is 9.90 Å². The standard InChI is InChI=1S/C14H20N2O4/c1-2-20-13-4-3-10(7-12(13)15)14(18)16-5-6-19-9-11(16)8-17/h3-4,7,11,17H,2,5-6,8-9,15H2,1H3. The van der Waals surface area contributed by atoms with Gasteiger partial charge in [0.2, 0.25) is 0 Å². The van der Waals surface area contributed by atoms with Crippen molar-refractivity contribution in [3.05, 3.63) is 23.8 Å². The smallest absolute Gasteiger partial charge is 0.254 e. The number of amides is 1. The van der Waals surface area contributed by atoms with Crippen molar-refractivity contribution in [1.82, 2.24) is 4.90 Å². The summed E-state index contributed by atoms with van der Waals surface area (Å²) < 4.78 is 10.6. The number of morpholine rings is 1. The van der Waals surface area contributed by atoms with Crippen LogP contribution in [0.15, 0.2) is 18.2 Å². The molecule has 1 fully saturated rings. The van der Waals surface area contributed by atoms with Crippen LogP contribution in [0.25, 0.3) is 0 Å². The molecule has 1 heterocycles. The van der Waals surface area contributed by atoms with Crippen LogP contribution in [0.3, 0.4) is 0 Å². The van der Waals surface area contributed by atoms with E-state index in [1.807, 2.05) is 6.92 Å². The first-order valence-corrected chi connectivity index (χ1v) is 6.69. The van der Waals surface area contributed by atoms with E-state index in [1.54, 1.807) is 23.1 Å². The molecule has 1 unspecified atom stereocenters. The lowest BCUT2D eigenvalue weighted by Crippen LogP contribution is -2.50. The van der Waals surface area contributed by atoms with E-state index in [-0.39, 0.29) is 18.6 Å². The molecule has 2 rings (SSSR count). The van der Waals surface area contributed by atoms with Gasteiger partial charge in [0.1, 0.15) is 5.75 Å². The van der Waals surface area contributed by atoms with Crippen LogP contribution >= 0.6 is 0 Å². The summed E-state index contributed by atoms with van der Waals surface area (Å²) in [5, 5.41) is 9.31. The largest absolute Gasteiger partial charge is 0.492 e. The Balaban J connectivity index is 2.17. The highest BCUT2D eigenvalue weighted by molar-refractivity contribution is 5.95. The zero-order valence-corrected chi connectivity index (χ0v) is 11.5. The molecule has 0 bridgehead atoms. The van der Waals surface area contributed by atoms with Crippen LogP contribution in [-0.2, 0) is 4.74 Å². The molecule has 110 valence electrons. The van der Waals surface area contributed by atoms with E-state index in [0.29, 0.717) is 43.4 Å². The molecule has 1 saturated heterocycles. The number of rotatable bonds is 4. The molecule has 0 aliphatic carbocycles. The quantitative estimate of drug-likeness (QED) is 0.785. The van der Waals surface area contributed by atoms with Crippen LogP contribution in [-0.4, -0.2) is 54.9 Å². The summed E-state index contributed by atoms with van der Waals surface area (Å²) in [4.78, 5) is 14.1. The van der Waals surface area contributed by atoms with Crippen LogP contribution in [0.4, 0.5) is 5.69 Å². The van der Waals surface area contributed by atoms with E-state index in [0.717, 1.165) is 0 Å². The molecule has 3 N–H and O–H groups in total. The number of nitrogens with two attached hydrogens (primary N) is 1. The van der Waals surface area contributed by atoms with Crippen molar-refractivity contribution >= 4 is 11.6 Å². The zero-order valence-electron chi connectivity index (χ0n) is 11.5. The summed E-state index contributed by atoms with van der Waals surface area (Å²) in [6.45, 7) is 3.59. The van der Waals surface area contributed by atoms with Gasteiger partial charge in [-0.15, -0.1) is 0 Å². The first-order valence-electron chi connectivity index (χ1n) is 6.69. The predicted octanol–water partition coefficient (Wildman–Crippen LogP) is 0.501. The fourth-order valence-corrected chi connectivity index (χ4v) is 2.21. The van der Waals surface area contributed by atoms with Gasteiger partial charge in [-0.2, -0.15) is 0 Å². The van der Waals surface area contributed by atoms with Crippen LogP contribution in [0.1, 0.15) is 17.3 Å². The molecule has 1 amide bonds. The minimum atomic E-state index is -0.302. The van der Waals surface area contributed by atoms with E-state index in [4.69, 9.17) is 15.2 Å². The number of nitrogen functional groups attached to an aromatic ring is 1. The highest BCUT2D eigenvalue weighted by Gasteiger charge is 2.27. The highest BCUT2D eigenvalue weighted by Crippen LogP contribution is 2.24. The molecule has 6 nitrogen and oxygen atoms in total. The Hall–Kier alpha value is -1.79. The second kappa shape index (κ2) is 6.58. The van der Waals surface area contributed by atoms with Gasteiger partial charge in [-0.25, -0.2) is 0 Å². The van der Waals surface area contributed by atoms with Gasteiger partial charge in [0.15, 0.2) is 0 Å². The number of ether oxygens (including phenoxy) is 2. The molecule has 1 atom stereocenters. The normalized spacial score (nSPS) is 18.9. The van der Waals surface area contributed by atoms with Crippen molar-refractivity contribution < 1.29 is 19.4 Å². The number of aliphatic hydroxyl groups excluding tert-OH is 1. The molecule has 1 aromatic rings. The molecule has 6 heteroatoms. The van der Waals surface area contributed by atoms with Gasteiger partial charge in [0, 0.05) is 12.1 Å². The molecule has 0 radical (unpaired) electrons. The highest BCUT2D eigenvalue weighted by atomic mass is 16.5. The van der Waals surface area contributed by atoms with Gasteiger partial charge >= 0.3 is 0 Å². The number of anilines is 1. The summed E-state index contributed by atoms with van der Waals surface area (Å²) in [6.07, 6.45) is 0. The Kier molecular flexibility index (Phi) is 4.81. The Bertz CT molecular complexity index is 478. The summed E-state index contributed by atoms with van der Waals surface area (Å²) in [5.74, 6) is 0.423. The lowest BCUT2D eigenvalue weighted by Gasteiger charge is -2.34. The minimum absolute atomic E-state index is 0.113. The number of hydrogen-bond acceptors (Lipinski definition) is 5. The van der Waals surface area contributed by atoms with Crippen LogP contribution in [0.2, 0.25) is 0 Å². The molecule has 1 aliphatic heterocycles. The number of nitrogens with zero attached hydrogens (tertiary/aromatic N) is 1. The van der Waals surface area contributed by atoms with Gasteiger partial charge in [0.25, 0.3) is 5.91 Å². The Labute approximate surface area is 118 Å². The molecule has 0 aromatic heterocycles. The third kappa shape index (κ3) is 3.02. The van der Waals surface area contributed by atoms with Crippen molar-refractivity contribution in [1.29, 1.82) is 0 Å². The molecular weight excluding hydrogens is 260 g/mol. The van der Waals surface area contributed by atoms with Crippen LogP contribution in [0.5, 0.6) is 5.75 Å². The molecule has 0 saturated carbocycles. The average Bonchev–Trinajstić information content (AvgIpc) is 2.48. The lowest BCUT2D eigenvalue weighted by molar-refractivity contribution is -0.0183. The maximum atomic E-state index is 12.5. The molecule has 1 aromatic carbocycles. The van der Waals surface area contributed by atoms with Crippen molar-refractivity contribution in [2.24, 2.45) is 0 Å². The minimum Gasteiger partial charge on any atom is -0.492 e. The summed E-state index contributed by atoms with van der Waals surface area (Å²) in [7, 11) is 0. The van der Waals surface area contributed by atoms with Crippen LogP contribution in [0, 0.1) is 0 Å².